The molecule has 24 nitrogen and oxygen atoms in total. The van der Waals surface area contributed by atoms with Crippen LogP contribution in [0, 0.1) is 0 Å². The predicted octanol–water partition coefficient (Wildman–Crippen LogP) is 1.78. The van der Waals surface area contributed by atoms with Crippen LogP contribution in [-0.4, -0.2) is 98.4 Å². The lowest BCUT2D eigenvalue weighted by Gasteiger charge is -2.32. The van der Waals surface area contributed by atoms with Crippen molar-refractivity contribution >= 4 is 95.5 Å². The number of aromatic nitrogens is 8. The molecule has 0 unspecified atom stereocenters. The van der Waals surface area contributed by atoms with E-state index >= 15 is 0 Å². The molecule has 1 aliphatic rings. The number of nitrogens with one attached hydrogen (secondary N) is 2. The van der Waals surface area contributed by atoms with Crippen molar-refractivity contribution in [3.8, 4) is 11.3 Å². The number of carbonyl (C=O) groups is 4. The highest BCUT2D eigenvalue weighted by Gasteiger charge is 2.52. The number of benzene rings is 2. The summed E-state index contributed by atoms with van der Waals surface area (Å²) in [7, 11) is -8.28. The lowest BCUT2D eigenvalue weighted by Crippen LogP contribution is -2.41. The largest absolute Gasteiger partial charge is 0.498 e. The van der Waals surface area contributed by atoms with E-state index in [0.717, 1.165) is 19.3 Å². The zero-order valence-corrected chi connectivity index (χ0v) is 41.5. The molecule has 1 aliphatic heterocycles. The van der Waals surface area contributed by atoms with Crippen LogP contribution in [0.4, 0.5) is 23.5 Å². The molecule has 5 heterocycles. The third-order valence-corrected chi connectivity index (χ3v) is 13.3. The Labute approximate surface area is 410 Å². The smallest absolute Gasteiger partial charge is 0.399 e. The third-order valence-electron chi connectivity index (χ3n) is 10.0. The van der Waals surface area contributed by atoms with Gasteiger partial charge >= 0.3 is 7.12 Å². The van der Waals surface area contributed by atoms with Gasteiger partial charge in [0.1, 0.15) is 16.0 Å². The van der Waals surface area contributed by atoms with Crippen LogP contribution in [0.3, 0.4) is 0 Å². The quantitative estimate of drug-likeness (QED) is 0.0751. The number of ketones is 2. The number of rotatable bonds is 12. The molecule has 2 amide bonds. The molecule has 366 valence electrons. The van der Waals surface area contributed by atoms with E-state index in [1.54, 1.807) is 12.4 Å². The Balaban J connectivity index is 0.000000205. The van der Waals surface area contributed by atoms with Gasteiger partial charge in [0.05, 0.1) is 39.1 Å². The Morgan fingerprint density at radius 2 is 0.971 bits per heavy atom. The molecule has 6 aromatic rings. The summed E-state index contributed by atoms with van der Waals surface area (Å²) in [5.41, 5.74) is 24.4. The minimum atomic E-state index is -3.95. The molecule has 70 heavy (non-hydrogen) atoms. The molecule has 0 atom stereocenters. The summed E-state index contributed by atoms with van der Waals surface area (Å²) in [4.78, 5) is 78.4. The number of hydrogen-bond donors (Lipinski definition) is 6. The number of nitrogen functional groups attached to an aromatic ring is 4. The topological polar surface area (TPSA) is 386 Å². The van der Waals surface area contributed by atoms with E-state index in [1.165, 1.54) is 73.3 Å². The van der Waals surface area contributed by atoms with E-state index in [0.29, 0.717) is 27.0 Å². The Morgan fingerprint density at radius 3 is 1.39 bits per heavy atom. The minimum Gasteiger partial charge on any atom is -0.399 e. The molecule has 0 bridgehead atoms. The Kier molecular flexibility index (Phi) is 16.8. The van der Waals surface area contributed by atoms with Crippen LogP contribution in [0.2, 0.25) is 0 Å². The molecule has 0 spiro atoms. The van der Waals surface area contributed by atoms with Crippen molar-refractivity contribution in [2.45, 2.75) is 75.4 Å². The fourth-order valence-corrected chi connectivity index (χ4v) is 8.11. The van der Waals surface area contributed by atoms with Crippen LogP contribution >= 0.6 is 15.9 Å². The van der Waals surface area contributed by atoms with E-state index in [2.05, 4.69) is 55.8 Å². The molecule has 1 fully saturated rings. The highest BCUT2D eigenvalue weighted by Crippen LogP contribution is 2.36. The summed E-state index contributed by atoms with van der Waals surface area (Å²) in [6.45, 7) is 10.2. The van der Waals surface area contributed by atoms with Crippen molar-refractivity contribution in [1.29, 1.82) is 0 Å². The van der Waals surface area contributed by atoms with Gasteiger partial charge in [-0.3, -0.25) is 19.2 Å². The van der Waals surface area contributed by atoms with E-state index in [4.69, 9.17) is 32.2 Å². The van der Waals surface area contributed by atoms with Crippen LogP contribution in [0.1, 0.15) is 73.6 Å². The van der Waals surface area contributed by atoms with Gasteiger partial charge in [-0.1, -0.05) is 24.3 Å². The zero-order chi connectivity index (χ0) is 51.8. The van der Waals surface area contributed by atoms with E-state index < -0.39 is 44.8 Å². The van der Waals surface area contributed by atoms with Crippen LogP contribution < -0.4 is 37.8 Å². The number of anilines is 4. The van der Waals surface area contributed by atoms with Crippen molar-refractivity contribution in [2.75, 3.05) is 22.9 Å². The second kappa shape index (κ2) is 21.9. The molecule has 10 N–H and O–H groups in total. The van der Waals surface area contributed by atoms with Gasteiger partial charge in [0.25, 0.3) is 20.0 Å². The summed E-state index contributed by atoms with van der Waals surface area (Å²) in [5.74, 6) is -1.80. The average Bonchev–Trinajstić information content (AvgIpc) is 3.50. The normalized spacial score (nSPS) is 13.7. The first-order chi connectivity index (χ1) is 32.7. The van der Waals surface area contributed by atoms with Crippen LogP contribution in [0.5, 0.6) is 0 Å². The van der Waals surface area contributed by atoms with Crippen LogP contribution in [0.25, 0.3) is 11.3 Å². The highest BCUT2D eigenvalue weighted by atomic mass is 79.9. The van der Waals surface area contributed by atoms with Gasteiger partial charge in [-0.2, -0.15) is 0 Å². The summed E-state index contributed by atoms with van der Waals surface area (Å²) >= 11 is 3.12. The predicted molar refractivity (Wildman–Crippen MR) is 259 cm³/mol. The van der Waals surface area contributed by atoms with Crippen LogP contribution in [0.15, 0.2) is 100 Å². The van der Waals surface area contributed by atoms with E-state index in [1.807, 2.05) is 37.1 Å². The minimum absolute atomic E-state index is 0.0181. The zero-order valence-electron chi connectivity index (χ0n) is 38.2. The first kappa shape index (κ1) is 53.6. The molecule has 1 saturated heterocycles. The standard InChI is InChI=1S/C18H17N7O4S.C14H13BrN4O4S.C10H16BN3O2/c1-10(26)25-30(28,29)13-4-2-11(3-5-13)6-15(27)16-17(19)21-9-14(24-16)12-7-22-18(20)23-8-12;1-8(20)19-24(22,23)10-4-2-9(3-5-10)6-11(21)13-14(16)17-7-12(15)18-13;1-9(2)10(3,4)16-11(15-9)7-5-13-8(12)14-6-7/h2-5,7-9H,6H2,1H3,(H2,19,21)(H,25,26)(H2,20,22,23);2-5,7H,6H2,1H3,(H2,16,17)(H,19,20);5-6H,1-4H3,(H2,12,13,14). The molecule has 4 aromatic heterocycles. The maximum Gasteiger partial charge on any atom is 0.498 e. The number of carbonyl (C=O) groups excluding carboxylic acids is 4. The Hall–Kier alpha value is -7.40. The molecular formula is C42H46BBrN14O10S2. The maximum atomic E-state index is 12.7. The molecule has 0 saturated carbocycles. The summed E-state index contributed by atoms with van der Waals surface area (Å²) < 4.78 is 63.5. The first-order valence-electron chi connectivity index (χ1n) is 20.4. The number of nitrogens with two attached hydrogens (primary N) is 4. The second-order valence-electron chi connectivity index (χ2n) is 16.0. The summed E-state index contributed by atoms with van der Waals surface area (Å²) in [5, 5.41) is 0. The van der Waals surface area contributed by atoms with Gasteiger partial charge in [-0.15, -0.1) is 0 Å². The number of Topliss-reactive ketones (excluding diaryl/α,β-unsaturated/α-hetero) is 2. The number of halogens is 1. The SMILES string of the molecule is CC(=O)NS(=O)(=O)c1ccc(CC(=O)c2nc(-c3cnc(N)nc3)cnc2N)cc1.CC(=O)NS(=O)(=O)c1ccc(CC(=O)c2nc(Br)cnc2N)cc1.CC1(C)OB(c2cnc(N)nc2)OC1(C)C. The van der Waals surface area contributed by atoms with Gasteiger partial charge in [0, 0.05) is 62.5 Å². The molecular weight excluding hydrogens is 1020 g/mol. The Bertz CT molecular complexity index is 3120. The van der Waals surface area contributed by atoms with Crippen molar-refractivity contribution in [2.24, 2.45) is 0 Å². The number of nitrogens with zero attached hydrogens (tertiary/aromatic N) is 8. The average molecular weight is 1060 g/mol. The molecule has 0 aliphatic carbocycles. The van der Waals surface area contributed by atoms with E-state index in [-0.39, 0.29) is 74.5 Å². The van der Waals surface area contributed by atoms with Gasteiger partial charge in [0.2, 0.25) is 23.7 Å². The second-order valence-corrected chi connectivity index (χ2v) is 20.2. The van der Waals surface area contributed by atoms with Crippen LogP contribution in [-0.2, 0) is 51.8 Å². The van der Waals surface area contributed by atoms with E-state index in [9.17, 15) is 36.0 Å². The molecule has 28 heteroatoms. The molecule has 2 aromatic carbocycles. The number of amides is 2. The Morgan fingerprint density at radius 1 is 0.586 bits per heavy atom. The third kappa shape index (κ3) is 14.1. The molecule has 7 rings (SSSR count). The van der Waals surface area contributed by atoms with Crippen molar-refractivity contribution in [3.63, 3.8) is 0 Å². The van der Waals surface area contributed by atoms with Gasteiger partial charge in [-0.25, -0.2) is 66.2 Å². The lowest BCUT2D eigenvalue weighted by atomic mass is 9.81. The highest BCUT2D eigenvalue weighted by molar-refractivity contribution is 9.10. The number of sulfonamides is 2. The maximum absolute atomic E-state index is 12.7. The van der Waals surface area contributed by atoms with Gasteiger partial charge < -0.3 is 32.2 Å². The first-order valence-corrected chi connectivity index (χ1v) is 24.1. The van der Waals surface area contributed by atoms with Gasteiger partial charge in [0.15, 0.2) is 23.2 Å². The fraction of sp³-hybridized carbons (Fsp3) is 0.238. The summed E-state index contributed by atoms with van der Waals surface area (Å²) in [6, 6.07) is 11.1. The van der Waals surface area contributed by atoms with Crippen molar-refractivity contribution in [1.82, 2.24) is 49.3 Å². The number of hydrogen-bond acceptors (Lipinski definition) is 22. The lowest BCUT2D eigenvalue weighted by molar-refractivity contribution is -0.118. The monoisotopic (exact) mass is 1060 g/mol. The summed E-state index contributed by atoms with van der Waals surface area (Å²) in [6.07, 6.45) is 8.83. The molecule has 0 radical (unpaired) electrons. The fourth-order valence-electron chi connectivity index (χ4n) is 5.85. The van der Waals surface area contributed by atoms with Crippen molar-refractivity contribution in [3.05, 3.63) is 113 Å². The van der Waals surface area contributed by atoms with Gasteiger partial charge in [-0.05, 0) is 79.0 Å². The van der Waals surface area contributed by atoms with Crippen molar-refractivity contribution < 1.29 is 45.3 Å².